The van der Waals surface area contributed by atoms with Gasteiger partial charge in [-0.25, -0.2) is 0 Å². The Kier molecular flexibility index (Phi) is 4.76. The molecule has 3 N–H and O–H groups in total. The second-order valence-corrected chi connectivity index (χ2v) is 5.57. The van der Waals surface area contributed by atoms with Crippen LogP contribution in [-0.4, -0.2) is 5.91 Å². The maximum Gasteiger partial charge on any atom is 0.228 e. The summed E-state index contributed by atoms with van der Waals surface area (Å²) in [6.45, 7) is 10.3. The number of amides is 1. The normalized spacial score (nSPS) is 11.3. The number of hydrogen-bond donors (Lipinski definition) is 2. The SMILES string of the molecule is Cc1ccc(NC(=O)C(C(C)C)C(C)C)cc1N. The molecule has 0 aliphatic rings. The molecule has 0 heterocycles. The fourth-order valence-corrected chi connectivity index (χ4v) is 2.32. The molecule has 0 fully saturated rings. The van der Waals surface area contributed by atoms with Crippen molar-refractivity contribution in [1.29, 1.82) is 0 Å². The number of aryl methyl sites for hydroxylation is 1. The Balaban J connectivity index is 2.82. The molecule has 0 aliphatic carbocycles. The van der Waals surface area contributed by atoms with Crippen LogP contribution in [0.15, 0.2) is 18.2 Å². The Bertz CT molecular complexity index is 417. The van der Waals surface area contributed by atoms with Gasteiger partial charge < -0.3 is 11.1 Å². The average Bonchev–Trinajstić information content (AvgIpc) is 2.22. The maximum absolute atomic E-state index is 12.2. The molecule has 0 unspecified atom stereocenters. The first-order valence-electron chi connectivity index (χ1n) is 6.50. The lowest BCUT2D eigenvalue weighted by Crippen LogP contribution is -2.31. The van der Waals surface area contributed by atoms with Crippen LogP contribution in [-0.2, 0) is 4.79 Å². The number of anilines is 2. The minimum absolute atomic E-state index is 0.0209. The van der Waals surface area contributed by atoms with Crippen LogP contribution in [0.3, 0.4) is 0 Å². The van der Waals surface area contributed by atoms with Crippen molar-refractivity contribution in [3.8, 4) is 0 Å². The summed E-state index contributed by atoms with van der Waals surface area (Å²) < 4.78 is 0. The summed E-state index contributed by atoms with van der Waals surface area (Å²) in [5.74, 6) is 0.747. The van der Waals surface area contributed by atoms with Gasteiger partial charge in [0, 0.05) is 17.3 Å². The Hall–Kier alpha value is -1.51. The van der Waals surface area contributed by atoms with Crippen LogP contribution in [0.1, 0.15) is 33.3 Å². The van der Waals surface area contributed by atoms with Crippen molar-refractivity contribution >= 4 is 17.3 Å². The van der Waals surface area contributed by atoms with E-state index in [-0.39, 0.29) is 11.8 Å². The van der Waals surface area contributed by atoms with Gasteiger partial charge in [-0.3, -0.25) is 4.79 Å². The van der Waals surface area contributed by atoms with E-state index >= 15 is 0 Å². The van der Waals surface area contributed by atoms with Crippen LogP contribution in [0.25, 0.3) is 0 Å². The third kappa shape index (κ3) is 3.49. The number of nitrogens with two attached hydrogens (primary N) is 1. The Morgan fingerprint density at radius 1 is 1.17 bits per heavy atom. The molecular formula is C15H24N2O. The largest absolute Gasteiger partial charge is 0.398 e. The molecule has 1 aromatic carbocycles. The van der Waals surface area contributed by atoms with Crippen LogP contribution in [0.2, 0.25) is 0 Å². The molecule has 0 saturated carbocycles. The predicted molar refractivity (Wildman–Crippen MR) is 77.4 cm³/mol. The van der Waals surface area contributed by atoms with Crippen molar-refractivity contribution in [2.24, 2.45) is 17.8 Å². The highest BCUT2D eigenvalue weighted by Gasteiger charge is 2.25. The van der Waals surface area contributed by atoms with E-state index in [0.717, 1.165) is 11.3 Å². The summed E-state index contributed by atoms with van der Waals surface area (Å²) in [5.41, 5.74) is 8.35. The van der Waals surface area contributed by atoms with E-state index in [1.165, 1.54) is 0 Å². The van der Waals surface area contributed by atoms with Gasteiger partial charge in [0.05, 0.1) is 0 Å². The second-order valence-electron chi connectivity index (χ2n) is 5.57. The van der Waals surface area contributed by atoms with E-state index in [9.17, 15) is 4.79 Å². The first-order chi connectivity index (χ1) is 8.32. The number of carbonyl (C=O) groups is 1. The third-order valence-electron chi connectivity index (χ3n) is 3.29. The summed E-state index contributed by atoms with van der Waals surface area (Å²) in [4.78, 5) is 12.2. The first kappa shape index (κ1) is 14.6. The van der Waals surface area contributed by atoms with Gasteiger partial charge in [0.25, 0.3) is 0 Å². The topological polar surface area (TPSA) is 55.1 Å². The molecule has 100 valence electrons. The molecule has 0 aliphatic heterocycles. The molecule has 3 nitrogen and oxygen atoms in total. The van der Waals surface area contributed by atoms with E-state index < -0.39 is 0 Å². The van der Waals surface area contributed by atoms with Gasteiger partial charge >= 0.3 is 0 Å². The van der Waals surface area contributed by atoms with Gasteiger partial charge in [-0.05, 0) is 36.5 Å². The van der Waals surface area contributed by atoms with Gasteiger partial charge in [0.1, 0.15) is 0 Å². The standard InChI is InChI=1S/C15H24N2O/c1-9(2)14(10(3)4)15(18)17-12-7-6-11(5)13(16)8-12/h6-10,14H,16H2,1-5H3,(H,17,18). The third-order valence-corrected chi connectivity index (χ3v) is 3.29. The Morgan fingerprint density at radius 2 is 1.72 bits per heavy atom. The number of hydrogen-bond acceptors (Lipinski definition) is 2. The Labute approximate surface area is 110 Å². The maximum atomic E-state index is 12.2. The Morgan fingerprint density at radius 3 is 2.17 bits per heavy atom. The van der Waals surface area contributed by atoms with E-state index in [4.69, 9.17) is 5.73 Å². The van der Waals surface area contributed by atoms with E-state index in [1.54, 1.807) is 0 Å². The minimum atomic E-state index is 0.0209. The van der Waals surface area contributed by atoms with Crippen LogP contribution >= 0.6 is 0 Å². The molecule has 0 bridgehead atoms. The highest BCUT2D eigenvalue weighted by Crippen LogP contribution is 2.23. The second kappa shape index (κ2) is 5.89. The molecule has 0 spiro atoms. The van der Waals surface area contributed by atoms with Gasteiger partial charge in [-0.2, -0.15) is 0 Å². The smallest absolute Gasteiger partial charge is 0.228 e. The minimum Gasteiger partial charge on any atom is -0.398 e. The van der Waals surface area contributed by atoms with Crippen molar-refractivity contribution < 1.29 is 4.79 Å². The molecular weight excluding hydrogens is 224 g/mol. The monoisotopic (exact) mass is 248 g/mol. The molecule has 0 atom stereocenters. The summed E-state index contributed by atoms with van der Waals surface area (Å²) in [6, 6.07) is 5.62. The number of benzene rings is 1. The lowest BCUT2D eigenvalue weighted by Gasteiger charge is -2.23. The van der Waals surface area contributed by atoms with E-state index in [0.29, 0.717) is 17.5 Å². The summed E-state index contributed by atoms with van der Waals surface area (Å²) in [5, 5.41) is 2.95. The van der Waals surface area contributed by atoms with Crippen LogP contribution in [0, 0.1) is 24.7 Å². The summed E-state index contributed by atoms with van der Waals surface area (Å²) in [6.07, 6.45) is 0. The zero-order valence-corrected chi connectivity index (χ0v) is 11.9. The van der Waals surface area contributed by atoms with Crippen LogP contribution in [0.5, 0.6) is 0 Å². The molecule has 0 saturated heterocycles. The zero-order chi connectivity index (χ0) is 13.9. The fourth-order valence-electron chi connectivity index (χ4n) is 2.32. The van der Waals surface area contributed by atoms with Crippen LogP contribution < -0.4 is 11.1 Å². The van der Waals surface area contributed by atoms with Crippen molar-refractivity contribution in [3.05, 3.63) is 23.8 Å². The molecule has 1 aromatic rings. The van der Waals surface area contributed by atoms with E-state index in [1.807, 2.05) is 25.1 Å². The zero-order valence-electron chi connectivity index (χ0n) is 11.9. The van der Waals surface area contributed by atoms with Gasteiger partial charge in [0.2, 0.25) is 5.91 Å². The average molecular weight is 248 g/mol. The van der Waals surface area contributed by atoms with Crippen LogP contribution in [0.4, 0.5) is 11.4 Å². The first-order valence-corrected chi connectivity index (χ1v) is 6.50. The van der Waals surface area contributed by atoms with Crippen molar-refractivity contribution in [2.75, 3.05) is 11.1 Å². The van der Waals surface area contributed by atoms with Gasteiger partial charge in [0.15, 0.2) is 0 Å². The van der Waals surface area contributed by atoms with Crippen molar-refractivity contribution in [1.82, 2.24) is 0 Å². The highest BCUT2D eigenvalue weighted by molar-refractivity contribution is 5.93. The number of carbonyl (C=O) groups excluding carboxylic acids is 1. The number of rotatable bonds is 4. The lowest BCUT2D eigenvalue weighted by molar-refractivity contribution is -0.122. The summed E-state index contributed by atoms with van der Waals surface area (Å²) >= 11 is 0. The molecule has 1 amide bonds. The molecule has 18 heavy (non-hydrogen) atoms. The molecule has 0 aromatic heterocycles. The van der Waals surface area contributed by atoms with Crippen molar-refractivity contribution in [3.63, 3.8) is 0 Å². The predicted octanol–water partition coefficient (Wildman–Crippen LogP) is 3.44. The molecule has 0 radical (unpaired) electrons. The van der Waals surface area contributed by atoms with E-state index in [2.05, 4.69) is 33.0 Å². The fraction of sp³-hybridized carbons (Fsp3) is 0.533. The quantitative estimate of drug-likeness (QED) is 0.802. The highest BCUT2D eigenvalue weighted by atomic mass is 16.1. The molecule has 3 heteroatoms. The number of nitrogen functional groups attached to an aromatic ring is 1. The van der Waals surface area contributed by atoms with Gasteiger partial charge in [-0.1, -0.05) is 33.8 Å². The van der Waals surface area contributed by atoms with Gasteiger partial charge in [-0.15, -0.1) is 0 Å². The lowest BCUT2D eigenvalue weighted by atomic mass is 9.85. The molecule has 1 rings (SSSR count). The summed E-state index contributed by atoms with van der Waals surface area (Å²) in [7, 11) is 0. The van der Waals surface area contributed by atoms with Crippen molar-refractivity contribution in [2.45, 2.75) is 34.6 Å². The number of nitrogens with one attached hydrogen (secondary N) is 1.